The third-order valence-corrected chi connectivity index (χ3v) is 8.94. The summed E-state index contributed by atoms with van der Waals surface area (Å²) < 4.78 is 6.49. The maximum Gasteiger partial charge on any atom is 0.415 e. The standard InChI is InChI=1S/C33H38N6O5S/c1-4-37(5-2)32-34-21-26(39(6-3)30(40)28-20-23-11-7-8-12-27(23)45-28)29(36-32)35-25(31(41)42)19-22-13-15-24(16-14-22)44-33(43)38-17-9-10-18-38/h7-8,11-16,20-21,25H,4-6,9-10,17-19H2,1-3H3,(H,41,42)(H,34,35,36)/t25-/m0/s1. The summed E-state index contributed by atoms with van der Waals surface area (Å²) in [6, 6.07) is 15.4. The Kier molecular flexibility index (Phi) is 10.1. The van der Waals surface area contributed by atoms with Gasteiger partial charge in [-0.05, 0) is 68.8 Å². The molecule has 2 N–H and O–H groups in total. The number of fused-ring (bicyclic) bond motifs is 1. The number of aromatic nitrogens is 2. The fourth-order valence-corrected chi connectivity index (χ4v) is 6.34. The van der Waals surface area contributed by atoms with Gasteiger partial charge in [0.1, 0.15) is 17.5 Å². The fourth-order valence-electron chi connectivity index (χ4n) is 5.33. The number of carbonyl (C=O) groups is 3. The molecule has 4 aromatic rings. The fraction of sp³-hybridized carbons (Fsp3) is 0.364. The van der Waals surface area contributed by atoms with E-state index in [1.807, 2.05) is 56.0 Å². The molecule has 3 heterocycles. The highest BCUT2D eigenvalue weighted by Gasteiger charge is 2.27. The molecule has 12 heteroatoms. The number of amides is 2. The number of hydrogen-bond donors (Lipinski definition) is 2. The van der Waals surface area contributed by atoms with Gasteiger partial charge in [-0.1, -0.05) is 30.3 Å². The number of aliphatic carboxylic acids is 1. The van der Waals surface area contributed by atoms with E-state index >= 15 is 0 Å². The number of anilines is 3. The first-order valence-electron chi connectivity index (χ1n) is 15.3. The van der Waals surface area contributed by atoms with Crippen LogP contribution in [0.4, 0.5) is 22.2 Å². The van der Waals surface area contributed by atoms with Gasteiger partial charge in [0.05, 0.1) is 11.1 Å². The smallest absolute Gasteiger partial charge is 0.415 e. The van der Waals surface area contributed by atoms with Crippen LogP contribution in [0.15, 0.2) is 60.8 Å². The first-order valence-corrected chi connectivity index (χ1v) is 16.1. The van der Waals surface area contributed by atoms with Crippen molar-refractivity contribution in [3.05, 3.63) is 71.2 Å². The highest BCUT2D eigenvalue weighted by Crippen LogP contribution is 2.32. The SMILES string of the molecule is CCN(CC)c1ncc(N(CC)C(=O)c2cc3ccccc3s2)c(N[C@@H](Cc2ccc(OC(=O)N3CCCC3)cc2)C(=O)O)n1. The molecule has 5 rings (SSSR count). The predicted molar refractivity (Wildman–Crippen MR) is 177 cm³/mol. The van der Waals surface area contributed by atoms with E-state index in [1.165, 1.54) is 11.3 Å². The summed E-state index contributed by atoms with van der Waals surface area (Å²) in [4.78, 5) is 53.8. The van der Waals surface area contributed by atoms with Gasteiger partial charge in [-0.25, -0.2) is 14.6 Å². The normalized spacial score (nSPS) is 13.4. The zero-order valence-electron chi connectivity index (χ0n) is 25.7. The van der Waals surface area contributed by atoms with Crippen LogP contribution in [0.2, 0.25) is 0 Å². The molecule has 0 aliphatic carbocycles. The maximum absolute atomic E-state index is 13.8. The van der Waals surface area contributed by atoms with E-state index in [9.17, 15) is 19.5 Å². The van der Waals surface area contributed by atoms with Crippen molar-refractivity contribution in [1.82, 2.24) is 14.9 Å². The highest BCUT2D eigenvalue weighted by molar-refractivity contribution is 7.20. The second-order valence-corrected chi connectivity index (χ2v) is 11.8. The van der Waals surface area contributed by atoms with E-state index in [0.717, 1.165) is 28.5 Å². The van der Waals surface area contributed by atoms with E-state index in [4.69, 9.17) is 9.72 Å². The van der Waals surface area contributed by atoms with Crippen LogP contribution in [0, 0.1) is 0 Å². The minimum atomic E-state index is -1.08. The van der Waals surface area contributed by atoms with Crippen LogP contribution in [0.1, 0.15) is 48.8 Å². The number of nitrogens with zero attached hydrogens (tertiary/aromatic N) is 5. The van der Waals surface area contributed by atoms with Gasteiger partial charge in [0.25, 0.3) is 5.91 Å². The van der Waals surface area contributed by atoms with Crippen LogP contribution in [0.3, 0.4) is 0 Å². The van der Waals surface area contributed by atoms with Gasteiger partial charge in [0, 0.05) is 43.8 Å². The molecule has 0 spiro atoms. The molecule has 2 amide bonds. The van der Waals surface area contributed by atoms with Crippen molar-refractivity contribution >= 4 is 56.8 Å². The van der Waals surface area contributed by atoms with E-state index in [1.54, 1.807) is 40.3 Å². The Labute approximate surface area is 266 Å². The van der Waals surface area contributed by atoms with Crippen LogP contribution in [-0.4, -0.2) is 76.7 Å². The topological polar surface area (TPSA) is 128 Å². The lowest BCUT2D eigenvalue weighted by Gasteiger charge is -2.26. The minimum absolute atomic E-state index is 0.121. The Bertz CT molecular complexity index is 1620. The quantitative estimate of drug-likeness (QED) is 0.196. The third-order valence-electron chi connectivity index (χ3n) is 7.83. The maximum atomic E-state index is 13.8. The van der Waals surface area contributed by atoms with Gasteiger partial charge in [-0.3, -0.25) is 4.79 Å². The molecule has 11 nitrogen and oxygen atoms in total. The van der Waals surface area contributed by atoms with Gasteiger partial charge < -0.3 is 29.9 Å². The largest absolute Gasteiger partial charge is 0.480 e. The first-order chi connectivity index (χ1) is 21.8. The molecule has 1 aliphatic heterocycles. The molecule has 0 unspecified atom stereocenters. The van der Waals surface area contributed by atoms with E-state index in [-0.39, 0.29) is 24.2 Å². The highest BCUT2D eigenvalue weighted by atomic mass is 32.1. The number of ether oxygens (including phenoxy) is 1. The predicted octanol–water partition coefficient (Wildman–Crippen LogP) is 5.91. The Morgan fingerprint density at radius 2 is 1.73 bits per heavy atom. The summed E-state index contributed by atoms with van der Waals surface area (Å²) in [5, 5.41) is 14.3. The van der Waals surface area contributed by atoms with E-state index in [0.29, 0.717) is 55.0 Å². The molecule has 1 saturated heterocycles. The summed E-state index contributed by atoms with van der Waals surface area (Å²) in [7, 11) is 0. The van der Waals surface area contributed by atoms with Crippen LogP contribution in [0.25, 0.3) is 10.1 Å². The van der Waals surface area contributed by atoms with Crippen molar-refractivity contribution in [2.75, 3.05) is 47.8 Å². The average molecular weight is 631 g/mol. The molecule has 2 aromatic carbocycles. The van der Waals surface area contributed by atoms with Crippen molar-refractivity contribution in [2.24, 2.45) is 0 Å². The zero-order valence-corrected chi connectivity index (χ0v) is 26.5. The number of likely N-dealkylation sites (tertiary alicyclic amines) is 1. The van der Waals surface area contributed by atoms with Crippen LogP contribution in [0.5, 0.6) is 5.75 Å². The molecule has 1 aliphatic rings. The van der Waals surface area contributed by atoms with E-state index < -0.39 is 12.0 Å². The summed E-state index contributed by atoms with van der Waals surface area (Å²) in [5.41, 5.74) is 1.12. The lowest BCUT2D eigenvalue weighted by Crippen LogP contribution is -2.36. The number of thiophene rings is 1. The third kappa shape index (κ3) is 7.34. The summed E-state index contributed by atoms with van der Waals surface area (Å²) >= 11 is 1.41. The zero-order chi connectivity index (χ0) is 31.9. The number of carboxylic acid groups (broad SMARTS) is 1. The van der Waals surface area contributed by atoms with Crippen LogP contribution >= 0.6 is 11.3 Å². The molecule has 0 saturated carbocycles. The average Bonchev–Trinajstić information content (AvgIpc) is 3.74. The van der Waals surface area contributed by atoms with Gasteiger partial charge in [0.15, 0.2) is 5.82 Å². The molecule has 0 bridgehead atoms. The van der Waals surface area contributed by atoms with Crippen molar-refractivity contribution in [3.63, 3.8) is 0 Å². The van der Waals surface area contributed by atoms with Gasteiger partial charge in [-0.15, -0.1) is 11.3 Å². The Balaban J connectivity index is 1.41. The van der Waals surface area contributed by atoms with Crippen molar-refractivity contribution in [3.8, 4) is 5.75 Å². The van der Waals surface area contributed by atoms with E-state index in [2.05, 4.69) is 10.3 Å². The van der Waals surface area contributed by atoms with Crippen LogP contribution < -0.4 is 19.9 Å². The van der Waals surface area contributed by atoms with Crippen LogP contribution in [-0.2, 0) is 11.2 Å². The lowest BCUT2D eigenvalue weighted by atomic mass is 10.1. The Morgan fingerprint density at radius 3 is 2.38 bits per heavy atom. The van der Waals surface area contributed by atoms with Crippen molar-refractivity contribution < 1.29 is 24.2 Å². The molecule has 236 valence electrons. The van der Waals surface area contributed by atoms with Gasteiger partial charge in [-0.2, -0.15) is 4.98 Å². The van der Waals surface area contributed by atoms with Crippen molar-refractivity contribution in [2.45, 2.75) is 46.1 Å². The lowest BCUT2D eigenvalue weighted by molar-refractivity contribution is -0.137. The summed E-state index contributed by atoms with van der Waals surface area (Å²) in [6.45, 7) is 8.86. The minimum Gasteiger partial charge on any atom is -0.480 e. The number of hydrogen-bond acceptors (Lipinski definition) is 9. The number of carbonyl (C=O) groups excluding carboxylic acids is 2. The molecule has 2 aromatic heterocycles. The van der Waals surface area contributed by atoms with Crippen molar-refractivity contribution in [1.29, 1.82) is 0 Å². The number of rotatable bonds is 12. The Hall–Kier alpha value is -4.71. The summed E-state index contributed by atoms with van der Waals surface area (Å²) in [6.07, 6.45) is 3.27. The molecule has 0 radical (unpaired) electrons. The molecule has 1 fully saturated rings. The number of carboxylic acids is 1. The monoisotopic (exact) mass is 630 g/mol. The second-order valence-electron chi connectivity index (χ2n) is 10.7. The Morgan fingerprint density at radius 1 is 1.02 bits per heavy atom. The molecule has 45 heavy (non-hydrogen) atoms. The first kappa shape index (κ1) is 31.7. The number of nitrogens with one attached hydrogen (secondary N) is 1. The molecular formula is C33H38N6O5S. The molecule has 1 atom stereocenters. The number of benzene rings is 2. The second kappa shape index (κ2) is 14.4. The molecular weight excluding hydrogens is 592 g/mol. The van der Waals surface area contributed by atoms with Gasteiger partial charge >= 0.3 is 12.1 Å². The summed E-state index contributed by atoms with van der Waals surface area (Å²) in [5.74, 6) is -0.202. The van der Waals surface area contributed by atoms with Gasteiger partial charge in [0.2, 0.25) is 5.95 Å².